The fourth-order valence-electron chi connectivity index (χ4n) is 2.38. The summed E-state index contributed by atoms with van der Waals surface area (Å²) in [7, 11) is 2.02. The molecule has 0 aliphatic heterocycles. The van der Waals surface area contributed by atoms with Crippen molar-refractivity contribution in [3.8, 4) is 0 Å². The van der Waals surface area contributed by atoms with Crippen molar-refractivity contribution in [1.82, 2.24) is 5.32 Å². The average molecular weight is 219 g/mol. The van der Waals surface area contributed by atoms with E-state index in [2.05, 4.69) is 38.2 Å². The van der Waals surface area contributed by atoms with E-state index < -0.39 is 0 Å². The van der Waals surface area contributed by atoms with Crippen LogP contribution in [0.5, 0.6) is 0 Å². The molecule has 0 atom stereocenters. The lowest BCUT2D eigenvalue weighted by atomic mass is 9.95. The molecule has 0 radical (unpaired) electrons. The summed E-state index contributed by atoms with van der Waals surface area (Å²) in [5, 5.41) is 3.20. The van der Waals surface area contributed by atoms with E-state index in [1.54, 1.807) is 5.56 Å². The summed E-state index contributed by atoms with van der Waals surface area (Å²) in [6, 6.07) is 4.60. The summed E-state index contributed by atoms with van der Waals surface area (Å²) in [5.41, 5.74) is 5.88. The molecule has 0 bridgehead atoms. The van der Waals surface area contributed by atoms with Gasteiger partial charge in [0.15, 0.2) is 0 Å². The lowest BCUT2D eigenvalue weighted by Gasteiger charge is -2.11. The van der Waals surface area contributed by atoms with Gasteiger partial charge in [-0.3, -0.25) is 0 Å². The van der Waals surface area contributed by atoms with Crippen molar-refractivity contribution in [3.63, 3.8) is 0 Å². The number of hydrogen-bond donors (Lipinski definition) is 1. The molecule has 0 heterocycles. The highest BCUT2D eigenvalue weighted by Gasteiger charge is 2.03. The van der Waals surface area contributed by atoms with Gasteiger partial charge in [0.1, 0.15) is 0 Å². The Morgan fingerprint density at radius 1 is 0.938 bits per heavy atom. The molecule has 0 aliphatic carbocycles. The van der Waals surface area contributed by atoms with Crippen LogP contribution in [0.3, 0.4) is 0 Å². The largest absolute Gasteiger partial charge is 0.320 e. The van der Waals surface area contributed by atoms with Crippen LogP contribution in [-0.4, -0.2) is 13.6 Å². The minimum atomic E-state index is 1.14. The van der Waals surface area contributed by atoms with Crippen LogP contribution in [0, 0.1) is 20.8 Å². The molecular formula is C15H25N. The van der Waals surface area contributed by atoms with Crippen molar-refractivity contribution in [1.29, 1.82) is 0 Å². The second-order valence-electron chi connectivity index (χ2n) is 4.79. The third-order valence-electron chi connectivity index (χ3n) is 3.19. The Morgan fingerprint density at radius 3 is 2.12 bits per heavy atom. The van der Waals surface area contributed by atoms with Gasteiger partial charge in [0.25, 0.3) is 0 Å². The zero-order chi connectivity index (χ0) is 12.0. The zero-order valence-electron chi connectivity index (χ0n) is 11.2. The van der Waals surface area contributed by atoms with E-state index in [1.165, 1.54) is 42.4 Å². The van der Waals surface area contributed by atoms with E-state index in [9.17, 15) is 0 Å². The number of aryl methyl sites for hydroxylation is 3. The van der Waals surface area contributed by atoms with E-state index in [0.717, 1.165) is 6.54 Å². The third kappa shape index (κ3) is 3.97. The normalized spacial score (nSPS) is 10.8. The van der Waals surface area contributed by atoms with Crippen LogP contribution < -0.4 is 5.32 Å². The van der Waals surface area contributed by atoms with Crippen molar-refractivity contribution >= 4 is 0 Å². The summed E-state index contributed by atoms with van der Waals surface area (Å²) in [5.74, 6) is 0. The molecule has 1 aromatic rings. The summed E-state index contributed by atoms with van der Waals surface area (Å²) >= 11 is 0. The monoisotopic (exact) mass is 219 g/mol. The molecule has 1 N–H and O–H groups in total. The van der Waals surface area contributed by atoms with Crippen molar-refractivity contribution in [2.75, 3.05) is 13.6 Å². The quantitative estimate of drug-likeness (QED) is 0.722. The number of unbranched alkanes of at least 4 members (excludes halogenated alkanes) is 2. The van der Waals surface area contributed by atoms with Gasteiger partial charge in [0.2, 0.25) is 0 Å². The molecule has 0 spiro atoms. The molecule has 0 aliphatic rings. The Balaban J connectivity index is 2.47. The Labute approximate surface area is 100 Å². The topological polar surface area (TPSA) is 12.0 Å². The van der Waals surface area contributed by atoms with E-state index >= 15 is 0 Å². The Bertz CT molecular complexity index is 305. The Morgan fingerprint density at radius 2 is 1.56 bits per heavy atom. The van der Waals surface area contributed by atoms with Crippen molar-refractivity contribution in [2.45, 2.75) is 46.5 Å². The maximum absolute atomic E-state index is 3.20. The van der Waals surface area contributed by atoms with Crippen LogP contribution in [-0.2, 0) is 6.42 Å². The van der Waals surface area contributed by atoms with Crippen LogP contribution in [0.2, 0.25) is 0 Å². The molecule has 0 aromatic heterocycles. The SMILES string of the molecule is CNCCCCCc1c(C)cc(C)cc1C. The summed E-state index contributed by atoms with van der Waals surface area (Å²) in [4.78, 5) is 0. The molecule has 1 aromatic carbocycles. The lowest BCUT2D eigenvalue weighted by molar-refractivity contribution is 0.640. The van der Waals surface area contributed by atoms with Crippen LogP contribution in [0.1, 0.15) is 41.5 Å². The van der Waals surface area contributed by atoms with Gasteiger partial charge in [-0.1, -0.05) is 24.1 Å². The van der Waals surface area contributed by atoms with Crippen LogP contribution in [0.4, 0.5) is 0 Å². The van der Waals surface area contributed by atoms with Gasteiger partial charge in [-0.25, -0.2) is 0 Å². The molecule has 1 heteroatoms. The van der Waals surface area contributed by atoms with Crippen molar-refractivity contribution < 1.29 is 0 Å². The summed E-state index contributed by atoms with van der Waals surface area (Å²) in [6.45, 7) is 7.80. The first-order chi connectivity index (χ1) is 7.65. The number of nitrogens with one attached hydrogen (secondary N) is 1. The third-order valence-corrected chi connectivity index (χ3v) is 3.19. The summed E-state index contributed by atoms with van der Waals surface area (Å²) in [6.07, 6.45) is 5.17. The predicted molar refractivity (Wildman–Crippen MR) is 72.1 cm³/mol. The maximum atomic E-state index is 3.20. The van der Waals surface area contributed by atoms with Gasteiger partial charge >= 0.3 is 0 Å². The smallest absolute Gasteiger partial charge is 0.00519 e. The Kier molecular flexibility index (Phi) is 5.54. The van der Waals surface area contributed by atoms with Crippen LogP contribution >= 0.6 is 0 Å². The van der Waals surface area contributed by atoms with Gasteiger partial charge < -0.3 is 5.32 Å². The van der Waals surface area contributed by atoms with Gasteiger partial charge in [-0.05, 0) is 70.3 Å². The molecule has 0 fully saturated rings. The minimum absolute atomic E-state index is 1.14. The van der Waals surface area contributed by atoms with Gasteiger partial charge in [0, 0.05) is 0 Å². The Hall–Kier alpha value is -0.820. The fraction of sp³-hybridized carbons (Fsp3) is 0.600. The predicted octanol–water partition coefficient (Wildman–Crippen LogP) is 3.54. The lowest BCUT2D eigenvalue weighted by Crippen LogP contribution is -2.07. The van der Waals surface area contributed by atoms with Crippen LogP contribution in [0.15, 0.2) is 12.1 Å². The first-order valence-corrected chi connectivity index (χ1v) is 6.36. The maximum Gasteiger partial charge on any atom is -0.00519 e. The molecule has 0 saturated heterocycles. The molecular weight excluding hydrogens is 194 g/mol. The average Bonchev–Trinajstić information content (AvgIpc) is 2.20. The first-order valence-electron chi connectivity index (χ1n) is 6.36. The molecule has 90 valence electrons. The van der Waals surface area contributed by atoms with E-state index in [4.69, 9.17) is 0 Å². The molecule has 0 amide bonds. The first kappa shape index (κ1) is 13.2. The molecule has 1 rings (SSSR count). The second kappa shape index (κ2) is 6.70. The standard InChI is InChI=1S/C15H25N/c1-12-10-13(2)15(14(3)11-12)8-6-5-7-9-16-4/h10-11,16H,5-9H2,1-4H3. The van der Waals surface area contributed by atoms with Gasteiger partial charge in [-0.15, -0.1) is 0 Å². The van der Waals surface area contributed by atoms with Crippen molar-refractivity contribution in [2.24, 2.45) is 0 Å². The van der Waals surface area contributed by atoms with Gasteiger partial charge in [0.05, 0.1) is 0 Å². The number of benzene rings is 1. The van der Waals surface area contributed by atoms with E-state index in [-0.39, 0.29) is 0 Å². The minimum Gasteiger partial charge on any atom is -0.320 e. The fourth-order valence-corrected chi connectivity index (χ4v) is 2.38. The molecule has 0 saturated carbocycles. The summed E-state index contributed by atoms with van der Waals surface area (Å²) < 4.78 is 0. The highest BCUT2D eigenvalue weighted by atomic mass is 14.8. The van der Waals surface area contributed by atoms with Crippen LogP contribution in [0.25, 0.3) is 0 Å². The zero-order valence-corrected chi connectivity index (χ0v) is 11.2. The molecule has 0 unspecified atom stereocenters. The molecule has 1 nitrogen and oxygen atoms in total. The van der Waals surface area contributed by atoms with E-state index in [0.29, 0.717) is 0 Å². The molecule has 16 heavy (non-hydrogen) atoms. The highest BCUT2D eigenvalue weighted by molar-refractivity contribution is 5.37. The highest BCUT2D eigenvalue weighted by Crippen LogP contribution is 2.18. The van der Waals surface area contributed by atoms with E-state index in [1.807, 2.05) is 7.05 Å². The number of hydrogen-bond acceptors (Lipinski definition) is 1. The van der Waals surface area contributed by atoms with Gasteiger partial charge in [-0.2, -0.15) is 0 Å². The second-order valence-corrected chi connectivity index (χ2v) is 4.79. The van der Waals surface area contributed by atoms with Crippen molar-refractivity contribution in [3.05, 3.63) is 34.4 Å². The number of rotatable bonds is 6.